The molecule has 0 aliphatic carbocycles. The fourth-order valence-corrected chi connectivity index (χ4v) is 2.53. The first-order chi connectivity index (χ1) is 7.07. The zero-order chi connectivity index (χ0) is 10.9. The summed E-state index contributed by atoms with van der Waals surface area (Å²) in [7, 11) is -1.30. The maximum absolute atomic E-state index is 12.4. The lowest BCUT2D eigenvalue weighted by Gasteiger charge is -2.11. The first-order valence-electron chi connectivity index (χ1n) is 4.30. The van der Waals surface area contributed by atoms with Gasteiger partial charge in [-0.15, -0.1) is 0 Å². The highest BCUT2D eigenvalue weighted by Crippen LogP contribution is 2.42. The van der Waals surface area contributed by atoms with Crippen LogP contribution in [0.4, 0.5) is 13.2 Å². The molecule has 0 unspecified atom stereocenters. The summed E-state index contributed by atoms with van der Waals surface area (Å²) in [4.78, 5) is 0. The second kappa shape index (κ2) is 4.08. The van der Waals surface area contributed by atoms with Crippen LogP contribution in [0.15, 0.2) is 24.3 Å². The topological polar surface area (TPSA) is 18.5 Å². The SMILES string of the molecule is FC(F)(F)c1cccc(P2OCCO2)c1. The predicted molar refractivity (Wildman–Crippen MR) is 49.9 cm³/mol. The van der Waals surface area contributed by atoms with Crippen molar-refractivity contribution in [1.82, 2.24) is 0 Å². The third kappa shape index (κ3) is 2.48. The smallest absolute Gasteiger partial charge is 0.328 e. The molecular formula is C9H8F3O2P. The van der Waals surface area contributed by atoms with Crippen molar-refractivity contribution in [2.75, 3.05) is 13.2 Å². The lowest BCUT2D eigenvalue weighted by atomic mass is 10.2. The van der Waals surface area contributed by atoms with E-state index >= 15 is 0 Å². The van der Waals surface area contributed by atoms with Crippen LogP contribution < -0.4 is 5.30 Å². The van der Waals surface area contributed by atoms with Gasteiger partial charge in [-0.2, -0.15) is 13.2 Å². The third-order valence-corrected chi connectivity index (χ3v) is 3.42. The summed E-state index contributed by atoms with van der Waals surface area (Å²) >= 11 is 0. The van der Waals surface area contributed by atoms with Gasteiger partial charge < -0.3 is 9.05 Å². The molecule has 0 aromatic heterocycles. The Labute approximate surface area is 85.9 Å². The van der Waals surface area contributed by atoms with Crippen molar-refractivity contribution in [3.63, 3.8) is 0 Å². The molecule has 1 fully saturated rings. The molecule has 0 radical (unpaired) electrons. The van der Waals surface area contributed by atoms with E-state index in [4.69, 9.17) is 9.05 Å². The Morgan fingerprint density at radius 2 is 1.80 bits per heavy atom. The second-order valence-corrected chi connectivity index (χ2v) is 4.52. The normalized spacial score (nSPS) is 18.3. The Morgan fingerprint density at radius 3 is 2.40 bits per heavy atom. The zero-order valence-electron chi connectivity index (χ0n) is 7.62. The van der Waals surface area contributed by atoms with E-state index in [1.54, 1.807) is 6.07 Å². The van der Waals surface area contributed by atoms with Crippen LogP contribution in [0.5, 0.6) is 0 Å². The lowest BCUT2D eigenvalue weighted by Crippen LogP contribution is -2.10. The molecule has 6 heteroatoms. The molecule has 1 heterocycles. The molecule has 82 valence electrons. The number of alkyl halides is 3. The summed E-state index contributed by atoms with van der Waals surface area (Å²) in [6.07, 6.45) is -4.31. The van der Waals surface area contributed by atoms with Gasteiger partial charge in [0.15, 0.2) is 0 Å². The molecule has 1 aliphatic heterocycles. The highest BCUT2D eigenvalue weighted by atomic mass is 31.2. The van der Waals surface area contributed by atoms with Crippen molar-refractivity contribution < 1.29 is 22.2 Å². The van der Waals surface area contributed by atoms with Crippen LogP contribution in [0.3, 0.4) is 0 Å². The molecule has 1 saturated heterocycles. The monoisotopic (exact) mass is 236 g/mol. The standard InChI is InChI=1S/C9H8F3O2P/c10-9(11,12)7-2-1-3-8(6-7)15-13-4-5-14-15/h1-3,6H,4-5H2. The van der Waals surface area contributed by atoms with E-state index in [1.807, 2.05) is 0 Å². The van der Waals surface area contributed by atoms with Crippen LogP contribution in [0, 0.1) is 0 Å². The van der Waals surface area contributed by atoms with Gasteiger partial charge in [-0.05, 0) is 18.2 Å². The maximum atomic E-state index is 12.4. The second-order valence-electron chi connectivity index (χ2n) is 2.97. The molecule has 2 nitrogen and oxygen atoms in total. The van der Waals surface area contributed by atoms with E-state index in [-0.39, 0.29) is 0 Å². The van der Waals surface area contributed by atoms with Crippen LogP contribution >= 0.6 is 8.38 Å². The number of halogens is 3. The summed E-state index contributed by atoms with van der Waals surface area (Å²) < 4.78 is 47.5. The predicted octanol–water partition coefficient (Wildman–Crippen LogP) is 2.69. The Morgan fingerprint density at radius 1 is 1.13 bits per heavy atom. The van der Waals surface area contributed by atoms with Crippen LogP contribution in [0.25, 0.3) is 0 Å². The van der Waals surface area contributed by atoms with Gasteiger partial charge in [-0.25, -0.2) is 0 Å². The average molecular weight is 236 g/mol. The van der Waals surface area contributed by atoms with Crippen molar-refractivity contribution in [3.8, 4) is 0 Å². The van der Waals surface area contributed by atoms with Crippen LogP contribution in [0.2, 0.25) is 0 Å². The molecule has 0 saturated carbocycles. The molecule has 0 amide bonds. The minimum Gasteiger partial charge on any atom is -0.328 e. The first-order valence-corrected chi connectivity index (χ1v) is 5.48. The summed E-state index contributed by atoms with van der Waals surface area (Å²) in [6.45, 7) is 0.893. The van der Waals surface area contributed by atoms with Gasteiger partial charge >= 0.3 is 6.18 Å². The minimum atomic E-state index is -4.31. The van der Waals surface area contributed by atoms with Crippen molar-refractivity contribution in [3.05, 3.63) is 29.8 Å². The Kier molecular flexibility index (Phi) is 2.96. The summed E-state index contributed by atoms with van der Waals surface area (Å²) in [5, 5.41) is 0.470. The van der Waals surface area contributed by atoms with E-state index in [0.717, 1.165) is 12.1 Å². The van der Waals surface area contributed by atoms with Crippen LogP contribution in [0.1, 0.15) is 5.56 Å². The lowest BCUT2D eigenvalue weighted by molar-refractivity contribution is -0.137. The molecule has 1 aromatic rings. The molecule has 15 heavy (non-hydrogen) atoms. The molecule has 0 atom stereocenters. The Balaban J connectivity index is 2.26. The summed E-state index contributed by atoms with van der Waals surface area (Å²) in [6, 6.07) is 5.07. The summed E-state index contributed by atoms with van der Waals surface area (Å²) in [5.41, 5.74) is -0.665. The van der Waals surface area contributed by atoms with Crippen LogP contribution in [-0.4, -0.2) is 13.2 Å². The van der Waals surface area contributed by atoms with Gasteiger partial charge in [0.1, 0.15) is 0 Å². The third-order valence-electron chi connectivity index (χ3n) is 1.88. The molecule has 2 rings (SSSR count). The minimum absolute atomic E-state index is 0.446. The number of benzene rings is 1. The Bertz CT molecular complexity index is 347. The Hall–Kier alpha value is -0.640. The van der Waals surface area contributed by atoms with Gasteiger partial charge in [-0.1, -0.05) is 6.07 Å². The molecular weight excluding hydrogens is 228 g/mol. The molecule has 1 aliphatic rings. The van der Waals surface area contributed by atoms with Gasteiger partial charge in [-0.3, -0.25) is 0 Å². The van der Waals surface area contributed by atoms with Gasteiger partial charge in [0.2, 0.25) is 8.38 Å². The maximum Gasteiger partial charge on any atom is 0.416 e. The number of hydrogen-bond donors (Lipinski definition) is 0. The molecule has 0 bridgehead atoms. The van der Waals surface area contributed by atoms with Gasteiger partial charge in [0.25, 0.3) is 0 Å². The highest BCUT2D eigenvalue weighted by Gasteiger charge is 2.31. The van der Waals surface area contributed by atoms with Gasteiger partial charge in [0, 0.05) is 5.30 Å². The van der Waals surface area contributed by atoms with Crippen LogP contribution in [-0.2, 0) is 15.2 Å². The van der Waals surface area contributed by atoms with E-state index in [2.05, 4.69) is 0 Å². The highest BCUT2D eigenvalue weighted by molar-refractivity contribution is 7.56. The molecule has 0 N–H and O–H groups in total. The van der Waals surface area contributed by atoms with E-state index in [9.17, 15) is 13.2 Å². The van der Waals surface area contributed by atoms with Gasteiger partial charge in [0.05, 0.1) is 18.8 Å². The van der Waals surface area contributed by atoms with E-state index in [0.29, 0.717) is 18.5 Å². The fourth-order valence-electron chi connectivity index (χ4n) is 1.22. The van der Waals surface area contributed by atoms with Crippen molar-refractivity contribution in [1.29, 1.82) is 0 Å². The van der Waals surface area contributed by atoms with Crippen molar-refractivity contribution >= 4 is 13.7 Å². The zero-order valence-corrected chi connectivity index (χ0v) is 8.52. The largest absolute Gasteiger partial charge is 0.416 e. The number of rotatable bonds is 1. The molecule has 1 aromatic carbocycles. The fraction of sp³-hybridized carbons (Fsp3) is 0.333. The van der Waals surface area contributed by atoms with E-state index in [1.165, 1.54) is 6.07 Å². The van der Waals surface area contributed by atoms with E-state index < -0.39 is 20.1 Å². The van der Waals surface area contributed by atoms with Crippen molar-refractivity contribution in [2.24, 2.45) is 0 Å². The average Bonchev–Trinajstić information content (AvgIpc) is 2.69. The summed E-state index contributed by atoms with van der Waals surface area (Å²) in [5.74, 6) is 0. The first kappa shape index (κ1) is 10.9. The quantitative estimate of drug-likeness (QED) is 0.698. The number of hydrogen-bond acceptors (Lipinski definition) is 2. The van der Waals surface area contributed by atoms with Crippen molar-refractivity contribution in [2.45, 2.75) is 6.18 Å². The molecule has 0 spiro atoms.